The van der Waals surface area contributed by atoms with Crippen LogP contribution in [0, 0.1) is 5.92 Å². The Balaban J connectivity index is 2.29. The maximum absolute atomic E-state index is 12.9. The Labute approximate surface area is 190 Å². The average molecular weight is 490 g/mol. The number of hydrogen-bond donors (Lipinski definition) is 3. The monoisotopic (exact) mass is 489 g/mol. The molecule has 4 N–H and O–H groups in total. The van der Waals surface area contributed by atoms with Crippen molar-refractivity contribution in [1.29, 1.82) is 0 Å². The van der Waals surface area contributed by atoms with E-state index < -0.39 is 34.1 Å². The molecule has 2 rings (SSSR count). The zero-order valence-corrected chi connectivity index (χ0v) is 19.1. The highest BCUT2D eigenvalue weighted by atomic mass is 32.2. The third-order valence-corrected chi connectivity index (χ3v) is 6.10. The van der Waals surface area contributed by atoms with E-state index in [4.69, 9.17) is 10.5 Å². The third kappa shape index (κ3) is 7.53. The van der Waals surface area contributed by atoms with Crippen LogP contribution in [-0.4, -0.2) is 33.3 Å². The van der Waals surface area contributed by atoms with E-state index in [1.807, 2.05) is 13.8 Å². The fourth-order valence-corrected chi connectivity index (χ4v) is 3.96. The molecule has 1 amide bonds. The highest BCUT2D eigenvalue weighted by Crippen LogP contribution is 2.31. The van der Waals surface area contributed by atoms with E-state index >= 15 is 0 Å². The first-order valence-corrected chi connectivity index (χ1v) is 11.6. The number of carbonyl (C=O) groups excluding carboxylic acids is 1. The van der Waals surface area contributed by atoms with Gasteiger partial charge in [-0.2, -0.15) is 0 Å². The lowest BCUT2D eigenvalue weighted by Gasteiger charge is -2.19. The van der Waals surface area contributed by atoms with Gasteiger partial charge >= 0.3 is 6.36 Å². The van der Waals surface area contributed by atoms with E-state index in [1.54, 1.807) is 6.92 Å². The second kappa shape index (κ2) is 10.8. The van der Waals surface area contributed by atoms with Gasteiger partial charge in [0.05, 0.1) is 18.3 Å². The van der Waals surface area contributed by atoms with Crippen molar-refractivity contribution in [2.24, 2.45) is 11.7 Å². The normalized spacial score (nSPS) is 13.7. The number of sulfonamides is 1. The lowest BCUT2D eigenvalue weighted by Crippen LogP contribution is -2.40. The number of carbonyl (C=O) groups is 1. The number of alkyl halides is 3. The van der Waals surface area contributed by atoms with Crippen LogP contribution in [0.25, 0.3) is 0 Å². The molecule has 1 unspecified atom stereocenters. The van der Waals surface area contributed by atoms with Gasteiger partial charge in [-0.3, -0.25) is 9.52 Å². The van der Waals surface area contributed by atoms with Crippen LogP contribution in [0.2, 0.25) is 0 Å². The first kappa shape index (κ1) is 26.3. The Morgan fingerprint density at radius 1 is 1.12 bits per heavy atom. The van der Waals surface area contributed by atoms with Gasteiger partial charge in [0.2, 0.25) is 5.91 Å². The van der Waals surface area contributed by atoms with Gasteiger partial charge in [0.25, 0.3) is 10.0 Å². The summed E-state index contributed by atoms with van der Waals surface area (Å²) >= 11 is 0. The minimum Gasteiger partial charge on any atom is -0.492 e. The smallest absolute Gasteiger partial charge is 0.492 e. The van der Waals surface area contributed by atoms with Crippen molar-refractivity contribution < 1.29 is 35.9 Å². The standard InChI is InChI=1S/C21H26F3N3O5S/c1-4-13(3)19(25)20(28)26-14-9-10-18(17(12-14)31-5-2)33(29,30)27-15-7-6-8-16(11-15)32-21(22,23)24/h6-13,19,27H,4-5,25H2,1-3H3,(H,26,28)/t13?,19-/m0/s1. The van der Waals surface area contributed by atoms with Crippen LogP contribution in [0.15, 0.2) is 47.4 Å². The van der Waals surface area contributed by atoms with Gasteiger partial charge in [-0.15, -0.1) is 13.2 Å². The minimum atomic E-state index is -4.92. The summed E-state index contributed by atoms with van der Waals surface area (Å²) in [7, 11) is -4.25. The van der Waals surface area contributed by atoms with Crippen LogP contribution in [0.4, 0.5) is 24.5 Å². The summed E-state index contributed by atoms with van der Waals surface area (Å²) in [4.78, 5) is 12.1. The maximum Gasteiger partial charge on any atom is 0.573 e. The fourth-order valence-electron chi connectivity index (χ4n) is 2.78. The predicted molar refractivity (Wildman–Crippen MR) is 118 cm³/mol. The first-order valence-electron chi connectivity index (χ1n) is 10.1. The molecule has 0 aliphatic carbocycles. The Kier molecular flexibility index (Phi) is 8.56. The van der Waals surface area contributed by atoms with Crippen molar-refractivity contribution in [2.75, 3.05) is 16.6 Å². The SMILES string of the molecule is CCOc1cc(NC(=O)[C@@H](N)C(C)CC)ccc1S(=O)(=O)Nc1cccc(OC(F)(F)F)c1. The number of hydrogen-bond acceptors (Lipinski definition) is 6. The van der Waals surface area contributed by atoms with Gasteiger partial charge in [0.1, 0.15) is 16.4 Å². The molecule has 182 valence electrons. The molecule has 2 aromatic carbocycles. The van der Waals surface area contributed by atoms with Gasteiger partial charge < -0.3 is 20.5 Å². The molecular weight excluding hydrogens is 463 g/mol. The molecule has 0 aliphatic heterocycles. The first-order chi connectivity index (χ1) is 15.4. The molecular formula is C21H26F3N3O5S. The maximum atomic E-state index is 12.9. The molecule has 0 fully saturated rings. The van der Waals surface area contributed by atoms with E-state index in [1.165, 1.54) is 30.3 Å². The van der Waals surface area contributed by atoms with Crippen molar-refractivity contribution in [2.45, 2.75) is 44.5 Å². The van der Waals surface area contributed by atoms with Crippen LogP contribution < -0.4 is 25.2 Å². The van der Waals surface area contributed by atoms with Crippen molar-refractivity contribution in [3.63, 3.8) is 0 Å². The Bertz CT molecular complexity index is 1080. The molecule has 33 heavy (non-hydrogen) atoms. The zero-order valence-electron chi connectivity index (χ0n) is 18.3. The highest BCUT2D eigenvalue weighted by Gasteiger charge is 2.31. The molecule has 0 saturated carbocycles. The number of nitrogens with one attached hydrogen (secondary N) is 2. The van der Waals surface area contributed by atoms with Crippen LogP contribution >= 0.6 is 0 Å². The lowest BCUT2D eigenvalue weighted by molar-refractivity contribution is -0.274. The number of anilines is 2. The predicted octanol–water partition coefficient (Wildman–Crippen LogP) is 4.10. The zero-order chi connectivity index (χ0) is 24.8. The van der Waals surface area contributed by atoms with E-state index in [0.29, 0.717) is 6.42 Å². The molecule has 0 heterocycles. The Hall–Kier alpha value is -2.99. The number of benzene rings is 2. The number of rotatable bonds is 10. The third-order valence-electron chi connectivity index (χ3n) is 4.68. The summed E-state index contributed by atoms with van der Waals surface area (Å²) in [6.07, 6.45) is -4.21. The number of halogens is 3. The summed E-state index contributed by atoms with van der Waals surface area (Å²) in [6.45, 7) is 5.52. The molecule has 0 saturated heterocycles. The number of amides is 1. The summed E-state index contributed by atoms with van der Waals surface area (Å²) in [5.74, 6) is -1.12. The van der Waals surface area contributed by atoms with Crippen molar-refractivity contribution >= 4 is 27.3 Å². The molecule has 0 radical (unpaired) electrons. The van der Waals surface area contributed by atoms with E-state index in [2.05, 4.69) is 14.8 Å². The molecule has 0 aromatic heterocycles. The van der Waals surface area contributed by atoms with Gasteiger partial charge in [0.15, 0.2) is 0 Å². The van der Waals surface area contributed by atoms with Crippen molar-refractivity contribution in [1.82, 2.24) is 0 Å². The van der Waals surface area contributed by atoms with E-state index in [-0.39, 0.29) is 34.5 Å². The van der Waals surface area contributed by atoms with Gasteiger partial charge in [-0.25, -0.2) is 8.42 Å². The van der Waals surface area contributed by atoms with Crippen LogP contribution in [0.5, 0.6) is 11.5 Å². The van der Waals surface area contributed by atoms with E-state index in [0.717, 1.165) is 12.1 Å². The molecule has 2 aromatic rings. The molecule has 12 heteroatoms. The fraction of sp³-hybridized carbons (Fsp3) is 0.381. The molecule has 0 aliphatic rings. The minimum absolute atomic E-state index is 0.0531. The van der Waals surface area contributed by atoms with Gasteiger partial charge in [-0.05, 0) is 37.1 Å². The topological polar surface area (TPSA) is 120 Å². The Morgan fingerprint density at radius 3 is 2.42 bits per heavy atom. The summed E-state index contributed by atoms with van der Waals surface area (Å²) in [5, 5.41) is 2.63. The van der Waals surface area contributed by atoms with Crippen LogP contribution in [0.3, 0.4) is 0 Å². The van der Waals surface area contributed by atoms with Gasteiger partial charge in [0, 0.05) is 17.8 Å². The number of ether oxygens (including phenoxy) is 2. The summed E-state index contributed by atoms with van der Waals surface area (Å²) in [6, 6.07) is 7.59. The van der Waals surface area contributed by atoms with Gasteiger partial charge in [-0.1, -0.05) is 26.3 Å². The van der Waals surface area contributed by atoms with E-state index in [9.17, 15) is 26.4 Å². The average Bonchev–Trinajstić information content (AvgIpc) is 2.71. The van der Waals surface area contributed by atoms with Crippen LogP contribution in [0.1, 0.15) is 27.2 Å². The van der Waals surface area contributed by atoms with Crippen LogP contribution in [-0.2, 0) is 14.8 Å². The Morgan fingerprint density at radius 2 is 1.82 bits per heavy atom. The molecule has 2 atom stereocenters. The summed E-state index contributed by atoms with van der Waals surface area (Å²) in [5.41, 5.74) is 6.06. The van der Waals surface area contributed by atoms with Crippen molar-refractivity contribution in [3.05, 3.63) is 42.5 Å². The highest BCUT2D eigenvalue weighted by molar-refractivity contribution is 7.92. The second-order valence-corrected chi connectivity index (χ2v) is 8.83. The molecule has 0 bridgehead atoms. The lowest BCUT2D eigenvalue weighted by atomic mass is 9.99. The second-order valence-electron chi connectivity index (χ2n) is 7.18. The molecule has 8 nitrogen and oxygen atoms in total. The molecule has 0 spiro atoms. The largest absolute Gasteiger partial charge is 0.573 e. The number of nitrogens with two attached hydrogens (primary N) is 1. The summed E-state index contributed by atoms with van der Waals surface area (Å²) < 4.78 is 74.6. The van der Waals surface area contributed by atoms with Crippen molar-refractivity contribution in [3.8, 4) is 11.5 Å². The quantitative estimate of drug-likeness (QED) is 0.462.